The minimum Gasteiger partial charge on any atom is -0.392 e. The molecule has 0 aromatic heterocycles. The third-order valence-corrected chi connectivity index (χ3v) is 3.00. The van der Waals surface area contributed by atoms with Crippen LogP contribution in [0.15, 0.2) is 54.6 Å². The topological polar surface area (TPSA) is 78.4 Å². The molecule has 22 heavy (non-hydrogen) atoms. The summed E-state index contributed by atoms with van der Waals surface area (Å²) in [4.78, 5) is 23.9. The van der Waals surface area contributed by atoms with Crippen molar-refractivity contribution >= 4 is 17.5 Å². The second kappa shape index (κ2) is 7.38. The Morgan fingerprint density at radius 3 is 2.05 bits per heavy atom. The summed E-state index contributed by atoms with van der Waals surface area (Å²) in [5, 5.41) is 14.5. The number of nitrogens with one attached hydrogen (secondary N) is 2. The van der Waals surface area contributed by atoms with E-state index in [1.165, 1.54) is 0 Å². The third kappa shape index (κ3) is 4.43. The van der Waals surface area contributed by atoms with E-state index in [1.54, 1.807) is 43.3 Å². The van der Waals surface area contributed by atoms with E-state index in [1.807, 2.05) is 18.2 Å². The van der Waals surface area contributed by atoms with Gasteiger partial charge < -0.3 is 15.7 Å². The number of anilines is 1. The minimum absolute atomic E-state index is 0.190. The van der Waals surface area contributed by atoms with Gasteiger partial charge in [0.2, 0.25) is 0 Å². The predicted octanol–water partition coefficient (Wildman–Crippen LogP) is 2.05. The molecule has 3 N–H and O–H groups in total. The molecule has 0 bridgehead atoms. The molecule has 0 saturated carbocycles. The Morgan fingerprint density at radius 2 is 1.50 bits per heavy atom. The highest BCUT2D eigenvalue weighted by atomic mass is 16.3. The number of benzene rings is 2. The molecule has 2 rings (SSSR count). The Morgan fingerprint density at radius 1 is 0.955 bits per heavy atom. The van der Waals surface area contributed by atoms with Crippen molar-refractivity contribution in [3.63, 3.8) is 0 Å². The first-order valence-electron chi connectivity index (χ1n) is 6.99. The monoisotopic (exact) mass is 298 g/mol. The summed E-state index contributed by atoms with van der Waals surface area (Å²) in [6.45, 7) is 1.78. The van der Waals surface area contributed by atoms with E-state index >= 15 is 0 Å². The van der Waals surface area contributed by atoms with Crippen LogP contribution in [-0.2, 0) is 0 Å². The Kier molecular flexibility index (Phi) is 5.27. The summed E-state index contributed by atoms with van der Waals surface area (Å²) >= 11 is 0. The van der Waals surface area contributed by atoms with Gasteiger partial charge in [0.1, 0.15) is 0 Å². The lowest BCUT2D eigenvalue weighted by molar-refractivity contribution is 0.0923. The molecule has 5 nitrogen and oxygen atoms in total. The maximum atomic E-state index is 12.1. The fraction of sp³-hybridized carbons (Fsp3) is 0.176. The van der Waals surface area contributed by atoms with Crippen molar-refractivity contribution in [1.82, 2.24) is 5.32 Å². The van der Waals surface area contributed by atoms with E-state index in [9.17, 15) is 9.59 Å². The quantitative estimate of drug-likeness (QED) is 0.790. The highest BCUT2D eigenvalue weighted by Crippen LogP contribution is 2.10. The van der Waals surface area contributed by atoms with Crippen LogP contribution in [0.25, 0.3) is 0 Å². The molecule has 2 aromatic carbocycles. The van der Waals surface area contributed by atoms with Gasteiger partial charge in [-0.2, -0.15) is 0 Å². The van der Waals surface area contributed by atoms with E-state index < -0.39 is 6.10 Å². The van der Waals surface area contributed by atoms with Gasteiger partial charge in [0.05, 0.1) is 6.10 Å². The van der Waals surface area contributed by atoms with Gasteiger partial charge in [0.15, 0.2) is 0 Å². The predicted molar refractivity (Wildman–Crippen MR) is 84.9 cm³/mol. The highest BCUT2D eigenvalue weighted by molar-refractivity contribution is 6.05. The molecule has 2 aromatic rings. The van der Waals surface area contributed by atoms with E-state index in [2.05, 4.69) is 10.6 Å². The first-order valence-corrected chi connectivity index (χ1v) is 6.99. The van der Waals surface area contributed by atoms with E-state index in [0.717, 1.165) is 0 Å². The number of hydrogen-bond acceptors (Lipinski definition) is 3. The number of para-hydroxylation sites is 1. The molecule has 0 heterocycles. The lowest BCUT2D eigenvalue weighted by Gasteiger charge is -2.08. The first-order chi connectivity index (χ1) is 10.6. The summed E-state index contributed by atoms with van der Waals surface area (Å²) in [7, 11) is 0. The molecule has 5 heteroatoms. The SMILES string of the molecule is CC(O)CNC(=O)c1ccc(C(=O)Nc2ccccc2)cc1. The second-order valence-electron chi connectivity index (χ2n) is 4.96. The van der Waals surface area contributed by atoms with E-state index in [0.29, 0.717) is 16.8 Å². The van der Waals surface area contributed by atoms with Gasteiger partial charge in [-0.1, -0.05) is 18.2 Å². The fourth-order valence-corrected chi connectivity index (χ4v) is 1.84. The van der Waals surface area contributed by atoms with Gasteiger partial charge >= 0.3 is 0 Å². The van der Waals surface area contributed by atoms with Crippen LogP contribution < -0.4 is 10.6 Å². The van der Waals surface area contributed by atoms with Gasteiger partial charge in [-0.15, -0.1) is 0 Å². The molecular weight excluding hydrogens is 280 g/mol. The van der Waals surface area contributed by atoms with Crippen LogP contribution in [0.5, 0.6) is 0 Å². The van der Waals surface area contributed by atoms with Crippen LogP contribution in [0.4, 0.5) is 5.69 Å². The molecule has 0 saturated heterocycles. The third-order valence-electron chi connectivity index (χ3n) is 3.00. The Labute approximate surface area is 129 Å². The number of aliphatic hydroxyl groups excluding tert-OH is 1. The zero-order chi connectivity index (χ0) is 15.9. The van der Waals surface area contributed by atoms with Crippen LogP contribution in [0.2, 0.25) is 0 Å². The summed E-state index contributed by atoms with van der Waals surface area (Å²) in [6, 6.07) is 15.5. The fourth-order valence-electron chi connectivity index (χ4n) is 1.84. The molecule has 0 fully saturated rings. The van der Waals surface area contributed by atoms with Crippen molar-refractivity contribution in [1.29, 1.82) is 0 Å². The first kappa shape index (κ1) is 15.7. The summed E-state index contributed by atoms with van der Waals surface area (Å²) < 4.78 is 0. The summed E-state index contributed by atoms with van der Waals surface area (Å²) in [5.74, 6) is -0.516. The summed E-state index contributed by atoms with van der Waals surface area (Å²) in [5.41, 5.74) is 1.62. The minimum atomic E-state index is -0.597. The van der Waals surface area contributed by atoms with Crippen molar-refractivity contribution in [3.05, 3.63) is 65.7 Å². The molecule has 0 radical (unpaired) electrons. The van der Waals surface area contributed by atoms with Gasteiger partial charge in [0, 0.05) is 23.4 Å². The molecule has 1 atom stereocenters. The summed E-state index contributed by atoms with van der Waals surface area (Å²) in [6.07, 6.45) is -0.597. The second-order valence-corrected chi connectivity index (χ2v) is 4.96. The van der Waals surface area contributed by atoms with Crippen molar-refractivity contribution in [2.75, 3.05) is 11.9 Å². The zero-order valence-corrected chi connectivity index (χ0v) is 12.2. The standard InChI is InChI=1S/C17H18N2O3/c1-12(20)11-18-16(21)13-7-9-14(10-8-13)17(22)19-15-5-3-2-4-6-15/h2-10,12,20H,11H2,1H3,(H,18,21)(H,19,22). The number of amides is 2. The lowest BCUT2D eigenvalue weighted by atomic mass is 10.1. The van der Waals surface area contributed by atoms with Crippen LogP contribution in [0.3, 0.4) is 0 Å². The molecule has 114 valence electrons. The molecule has 0 spiro atoms. The average Bonchev–Trinajstić information content (AvgIpc) is 2.53. The molecule has 2 amide bonds. The van der Waals surface area contributed by atoms with Crippen molar-refractivity contribution in [3.8, 4) is 0 Å². The molecular formula is C17H18N2O3. The van der Waals surface area contributed by atoms with Crippen molar-refractivity contribution in [2.45, 2.75) is 13.0 Å². The number of carbonyl (C=O) groups is 2. The Bertz CT molecular complexity index is 637. The number of aliphatic hydroxyl groups is 1. The molecule has 0 aliphatic heterocycles. The van der Waals surface area contributed by atoms with Crippen LogP contribution in [0, 0.1) is 0 Å². The number of rotatable bonds is 5. The van der Waals surface area contributed by atoms with E-state index in [4.69, 9.17) is 5.11 Å². The van der Waals surface area contributed by atoms with E-state index in [-0.39, 0.29) is 18.4 Å². The van der Waals surface area contributed by atoms with Gasteiger partial charge in [-0.3, -0.25) is 9.59 Å². The van der Waals surface area contributed by atoms with Gasteiger partial charge in [-0.05, 0) is 43.3 Å². The van der Waals surface area contributed by atoms with Crippen LogP contribution >= 0.6 is 0 Å². The van der Waals surface area contributed by atoms with Crippen molar-refractivity contribution < 1.29 is 14.7 Å². The van der Waals surface area contributed by atoms with Gasteiger partial charge in [-0.25, -0.2) is 0 Å². The van der Waals surface area contributed by atoms with Crippen LogP contribution in [-0.4, -0.2) is 29.6 Å². The normalized spacial score (nSPS) is 11.5. The number of carbonyl (C=O) groups excluding carboxylic acids is 2. The van der Waals surface area contributed by atoms with Crippen molar-refractivity contribution in [2.24, 2.45) is 0 Å². The van der Waals surface area contributed by atoms with Crippen LogP contribution in [0.1, 0.15) is 27.6 Å². The lowest BCUT2D eigenvalue weighted by Crippen LogP contribution is -2.30. The molecule has 0 aliphatic rings. The largest absolute Gasteiger partial charge is 0.392 e. The average molecular weight is 298 g/mol. The zero-order valence-electron chi connectivity index (χ0n) is 12.2. The maximum absolute atomic E-state index is 12.1. The Hall–Kier alpha value is -2.66. The number of hydrogen-bond donors (Lipinski definition) is 3. The molecule has 1 unspecified atom stereocenters. The highest BCUT2D eigenvalue weighted by Gasteiger charge is 2.09. The molecule has 0 aliphatic carbocycles. The Balaban J connectivity index is 1.99. The smallest absolute Gasteiger partial charge is 0.255 e. The maximum Gasteiger partial charge on any atom is 0.255 e. The van der Waals surface area contributed by atoms with Gasteiger partial charge in [0.25, 0.3) is 11.8 Å².